The number of hydrogen-bond donors (Lipinski definition) is 1. The van der Waals surface area contributed by atoms with Crippen molar-refractivity contribution < 1.29 is 14.3 Å². The Morgan fingerprint density at radius 1 is 0.939 bits per heavy atom. The van der Waals surface area contributed by atoms with Crippen LogP contribution in [-0.4, -0.2) is 21.8 Å². The van der Waals surface area contributed by atoms with Crippen LogP contribution in [0.2, 0.25) is 0 Å². The molecule has 1 heterocycles. The summed E-state index contributed by atoms with van der Waals surface area (Å²) < 4.78 is 5.56. The number of anilines is 1. The Hall–Kier alpha value is -4.32. The molecule has 6 heteroatoms. The predicted octanol–water partition coefficient (Wildman–Crippen LogP) is 5.18. The fourth-order valence-corrected chi connectivity index (χ4v) is 3.33. The number of hydrogen-bond acceptors (Lipinski definition) is 5. The Kier molecular flexibility index (Phi) is 6.55. The molecule has 6 nitrogen and oxygen atoms in total. The van der Waals surface area contributed by atoms with Crippen LogP contribution >= 0.6 is 0 Å². The summed E-state index contributed by atoms with van der Waals surface area (Å²) >= 11 is 0. The van der Waals surface area contributed by atoms with Gasteiger partial charge in [0.25, 0.3) is 5.91 Å². The smallest absolute Gasteiger partial charge is 0.331 e. The third-order valence-corrected chi connectivity index (χ3v) is 5.08. The third kappa shape index (κ3) is 5.49. The van der Waals surface area contributed by atoms with E-state index in [1.165, 1.54) is 12.2 Å². The Morgan fingerprint density at radius 3 is 2.45 bits per heavy atom. The van der Waals surface area contributed by atoms with E-state index in [-0.39, 0.29) is 0 Å². The molecule has 4 rings (SSSR count). The number of esters is 1. The molecule has 0 spiro atoms. The van der Waals surface area contributed by atoms with E-state index in [0.717, 1.165) is 22.2 Å². The largest absolute Gasteiger partial charge is 0.444 e. The molecule has 0 aliphatic carbocycles. The van der Waals surface area contributed by atoms with E-state index in [4.69, 9.17) is 4.74 Å². The topological polar surface area (TPSA) is 81.2 Å². The SMILES string of the molecule is Cc1ccc(C)c(NC(=O)C(OC(=O)C=Cc2cnc3ccccc3n2)c2ccccc2)c1. The number of ether oxygens (including phenoxy) is 1. The minimum Gasteiger partial charge on any atom is -0.444 e. The van der Waals surface area contributed by atoms with Crippen molar-refractivity contribution in [1.82, 2.24) is 9.97 Å². The first-order valence-corrected chi connectivity index (χ1v) is 10.5. The van der Waals surface area contributed by atoms with E-state index in [1.54, 1.807) is 30.5 Å². The summed E-state index contributed by atoms with van der Waals surface area (Å²) in [5.41, 5.74) is 5.20. The second-order valence-electron chi connectivity index (χ2n) is 7.65. The number of carbonyl (C=O) groups excluding carboxylic acids is 2. The molecule has 0 saturated heterocycles. The summed E-state index contributed by atoms with van der Waals surface area (Å²) in [4.78, 5) is 34.5. The predicted molar refractivity (Wildman–Crippen MR) is 128 cm³/mol. The molecule has 0 bridgehead atoms. The van der Waals surface area contributed by atoms with Gasteiger partial charge in [0, 0.05) is 17.3 Å². The molecule has 1 amide bonds. The van der Waals surface area contributed by atoms with Gasteiger partial charge in [-0.25, -0.2) is 9.78 Å². The quantitative estimate of drug-likeness (QED) is 0.332. The van der Waals surface area contributed by atoms with E-state index in [0.29, 0.717) is 16.9 Å². The summed E-state index contributed by atoms with van der Waals surface area (Å²) in [5.74, 6) is -1.09. The van der Waals surface area contributed by atoms with Gasteiger partial charge in [-0.15, -0.1) is 0 Å². The molecule has 1 atom stereocenters. The van der Waals surface area contributed by atoms with Crippen molar-refractivity contribution in [2.75, 3.05) is 5.32 Å². The monoisotopic (exact) mass is 437 g/mol. The maximum Gasteiger partial charge on any atom is 0.331 e. The molecule has 1 N–H and O–H groups in total. The summed E-state index contributed by atoms with van der Waals surface area (Å²) in [6.45, 7) is 3.86. The normalized spacial score (nSPS) is 11.9. The van der Waals surface area contributed by atoms with Gasteiger partial charge < -0.3 is 10.1 Å². The molecule has 0 saturated carbocycles. The Balaban J connectivity index is 1.53. The number of amides is 1. The maximum absolute atomic E-state index is 13.1. The van der Waals surface area contributed by atoms with E-state index >= 15 is 0 Å². The first-order valence-electron chi connectivity index (χ1n) is 10.5. The van der Waals surface area contributed by atoms with Crippen molar-refractivity contribution in [2.24, 2.45) is 0 Å². The molecule has 0 radical (unpaired) electrons. The molecule has 3 aromatic carbocycles. The number of nitrogens with one attached hydrogen (secondary N) is 1. The van der Waals surface area contributed by atoms with Gasteiger partial charge >= 0.3 is 5.97 Å². The zero-order valence-electron chi connectivity index (χ0n) is 18.4. The average Bonchev–Trinajstić information content (AvgIpc) is 2.84. The number of aromatic nitrogens is 2. The number of aryl methyl sites for hydroxylation is 2. The number of nitrogens with zero attached hydrogens (tertiary/aromatic N) is 2. The lowest BCUT2D eigenvalue weighted by molar-refractivity contribution is -0.149. The second-order valence-corrected chi connectivity index (χ2v) is 7.65. The number of para-hydroxylation sites is 2. The van der Waals surface area contributed by atoms with Gasteiger partial charge in [-0.3, -0.25) is 9.78 Å². The van der Waals surface area contributed by atoms with E-state index in [9.17, 15) is 9.59 Å². The molecule has 1 unspecified atom stereocenters. The second kappa shape index (κ2) is 9.87. The van der Waals surface area contributed by atoms with Crippen LogP contribution in [0.15, 0.2) is 85.1 Å². The van der Waals surface area contributed by atoms with Crippen LogP contribution < -0.4 is 5.32 Å². The lowest BCUT2D eigenvalue weighted by Gasteiger charge is -2.18. The minimum absolute atomic E-state index is 0.429. The molecule has 0 aliphatic rings. The maximum atomic E-state index is 13.1. The van der Waals surface area contributed by atoms with Gasteiger partial charge in [-0.2, -0.15) is 0 Å². The molecular weight excluding hydrogens is 414 g/mol. The van der Waals surface area contributed by atoms with Gasteiger partial charge in [0.05, 0.1) is 22.9 Å². The summed E-state index contributed by atoms with van der Waals surface area (Å²) in [6.07, 6.45) is 3.24. The van der Waals surface area contributed by atoms with Gasteiger partial charge in [0.1, 0.15) is 0 Å². The van der Waals surface area contributed by atoms with E-state index < -0.39 is 18.0 Å². The highest BCUT2D eigenvalue weighted by atomic mass is 16.5. The molecule has 33 heavy (non-hydrogen) atoms. The number of carbonyl (C=O) groups is 2. The van der Waals surface area contributed by atoms with Crippen LogP contribution in [0.1, 0.15) is 28.5 Å². The molecule has 164 valence electrons. The summed E-state index contributed by atoms with van der Waals surface area (Å²) in [7, 11) is 0. The standard InChI is InChI=1S/C27H23N3O3/c1-18-12-13-19(2)24(16-18)30-27(32)26(20-8-4-3-5-9-20)33-25(31)15-14-21-17-28-22-10-6-7-11-23(22)29-21/h3-17,26H,1-2H3,(H,30,32). The Morgan fingerprint density at radius 2 is 1.67 bits per heavy atom. The van der Waals surface area contributed by atoms with Crippen LogP contribution in [0.25, 0.3) is 17.1 Å². The zero-order valence-corrected chi connectivity index (χ0v) is 18.4. The van der Waals surface area contributed by atoms with Crippen LogP contribution in [-0.2, 0) is 14.3 Å². The molecular formula is C27H23N3O3. The van der Waals surface area contributed by atoms with Crippen LogP contribution in [0.4, 0.5) is 5.69 Å². The van der Waals surface area contributed by atoms with Gasteiger partial charge in [0.2, 0.25) is 6.10 Å². The highest BCUT2D eigenvalue weighted by Crippen LogP contribution is 2.23. The summed E-state index contributed by atoms with van der Waals surface area (Å²) in [6, 6.07) is 22.2. The fourth-order valence-electron chi connectivity index (χ4n) is 3.33. The van der Waals surface area contributed by atoms with Gasteiger partial charge in [-0.05, 0) is 49.2 Å². The van der Waals surface area contributed by atoms with Crippen molar-refractivity contribution in [2.45, 2.75) is 20.0 Å². The highest BCUT2D eigenvalue weighted by molar-refractivity contribution is 5.98. The lowest BCUT2D eigenvalue weighted by Crippen LogP contribution is -2.25. The van der Waals surface area contributed by atoms with Crippen molar-refractivity contribution in [3.63, 3.8) is 0 Å². The van der Waals surface area contributed by atoms with Crippen molar-refractivity contribution in [3.8, 4) is 0 Å². The average molecular weight is 437 g/mol. The van der Waals surface area contributed by atoms with Crippen molar-refractivity contribution >= 4 is 34.7 Å². The lowest BCUT2D eigenvalue weighted by atomic mass is 10.1. The van der Waals surface area contributed by atoms with Crippen LogP contribution in [0, 0.1) is 13.8 Å². The first kappa shape index (κ1) is 21.9. The van der Waals surface area contributed by atoms with E-state index in [2.05, 4.69) is 15.3 Å². The van der Waals surface area contributed by atoms with Crippen molar-refractivity contribution in [1.29, 1.82) is 0 Å². The fraction of sp³-hybridized carbons (Fsp3) is 0.111. The van der Waals surface area contributed by atoms with Gasteiger partial charge in [0.15, 0.2) is 0 Å². The van der Waals surface area contributed by atoms with E-state index in [1.807, 2.05) is 62.4 Å². The molecule has 0 fully saturated rings. The van der Waals surface area contributed by atoms with Crippen molar-refractivity contribution in [3.05, 3.63) is 107 Å². The Bertz CT molecular complexity index is 1330. The molecule has 4 aromatic rings. The summed E-state index contributed by atoms with van der Waals surface area (Å²) in [5, 5.41) is 2.89. The number of fused-ring (bicyclic) bond motifs is 1. The molecule has 0 aliphatic heterocycles. The zero-order chi connectivity index (χ0) is 23.2. The van der Waals surface area contributed by atoms with Crippen LogP contribution in [0.3, 0.4) is 0 Å². The number of benzene rings is 3. The minimum atomic E-state index is -1.11. The number of rotatable bonds is 6. The highest BCUT2D eigenvalue weighted by Gasteiger charge is 2.24. The van der Waals surface area contributed by atoms with Gasteiger partial charge in [-0.1, -0.05) is 54.6 Å². The first-order chi connectivity index (χ1) is 16.0. The van der Waals surface area contributed by atoms with Crippen LogP contribution in [0.5, 0.6) is 0 Å². The Labute approximate surface area is 192 Å². The molecule has 1 aromatic heterocycles. The third-order valence-electron chi connectivity index (χ3n) is 5.08.